The van der Waals surface area contributed by atoms with Gasteiger partial charge in [-0.1, -0.05) is 78.1 Å². The Hall–Kier alpha value is -3.41. The monoisotopic (exact) mass is 528 g/mol. The molecule has 0 bridgehead atoms. The van der Waals surface area contributed by atoms with Crippen LogP contribution in [0.15, 0.2) is 54.9 Å². The Morgan fingerprint density at radius 3 is 1.56 bits per heavy atom. The molecule has 0 radical (unpaired) electrons. The largest absolute Gasteiger partial charge is 0.494 e. The third-order valence-electron chi connectivity index (χ3n) is 7.14. The Bertz CT molecular complexity index is 1140. The van der Waals surface area contributed by atoms with Gasteiger partial charge in [0.2, 0.25) is 0 Å². The van der Waals surface area contributed by atoms with Crippen molar-refractivity contribution in [3.05, 3.63) is 54.9 Å². The SMILES string of the molecule is CCCCCCCCOc1ccc(-c2nnc(-c3ccc(OCCCCCCCC)cc3)c3[nH]cnc23)cc1. The van der Waals surface area contributed by atoms with Crippen LogP contribution >= 0.6 is 0 Å². The molecule has 2 aromatic heterocycles. The predicted molar refractivity (Wildman–Crippen MR) is 160 cm³/mol. The minimum absolute atomic E-state index is 0.756. The average Bonchev–Trinajstić information content (AvgIpc) is 3.47. The fraction of sp³-hybridized carbons (Fsp3) is 0.485. The number of ether oxygens (including phenoxy) is 2. The molecule has 2 heterocycles. The second kappa shape index (κ2) is 15.9. The summed E-state index contributed by atoms with van der Waals surface area (Å²) in [5, 5.41) is 9.16. The number of hydrogen-bond donors (Lipinski definition) is 1. The smallest absolute Gasteiger partial charge is 0.121 e. The van der Waals surface area contributed by atoms with E-state index in [4.69, 9.17) is 9.47 Å². The van der Waals surface area contributed by atoms with Crippen LogP contribution in [0.2, 0.25) is 0 Å². The van der Waals surface area contributed by atoms with Gasteiger partial charge in [0, 0.05) is 11.1 Å². The van der Waals surface area contributed by atoms with Gasteiger partial charge in [-0.3, -0.25) is 0 Å². The summed E-state index contributed by atoms with van der Waals surface area (Å²) in [4.78, 5) is 7.84. The van der Waals surface area contributed by atoms with Crippen LogP contribution in [0.4, 0.5) is 0 Å². The molecular formula is C33H44N4O2. The van der Waals surface area contributed by atoms with Crippen molar-refractivity contribution in [2.75, 3.05) is 13.2 Å². The molecule has 0 spiro atoms. The van der Waals surface area contributed by atoms with Gasteiger partial charge >= 0.3 is 0 Å². The van der Waals surface area contributed by atoms with Gasteiger partial charge < -0.3 is 14.5 Å². The molecule has 6 heteroatoms. The molecule has 2 aromatic carbocycles. The molecule has 4 aromatic rings. The fourth-order valence-corrected chi connectivity index (χ4v) is 4.81. The van der Waals surface area contributed by atoms with Crippen LogP contribution in [0.5, 0.6) is 11.5 Å². The Balaban J connectivity index is 1.33. The Morgan fingerprint density at radius 2 is 1.03 bits per heavy atom. The number of aromatic nitrogens is 4. The van der Waals surface area contributed by atoms with E-state index < -0.39 is 0 Å². The van der Waals surface area contributed by atoms with Gasteiger partial charge in [-0.2, -0.15) is 0 Å². The van der Waals surface area contributed by atoms with Crippen LogP contribution in [0.25, 0.3) is 33.5 Å². The third kappa shape index (κ3) is 8.54. The topological polar surface area (TPSA) is 72.9 Å². The molecule has 0 aliphatic heterocycles. The van der Waals surface area contributed by atoms with Crippen molar-refractivity contribution in [1.82, 2.24) is 20.2 Å². The minimum atomic E-state index is 0.756. The summed E-state index contributed by atoms with van der Waals surface area (Å²) in [6.45, 7) is 6.01. The van der Waals surface area contributed by atoms with E-state index in [1.807, 2.05) is 48.5 Å². The van der Waals surface area contributed by atoms with Gasteiger partial charge in [-0.15, -0.1) is 10.2 Å². The van der Waals surface area contributed by atoms with Gasteiger partial charge in [0.05, 0.1) is 25.1 Å². The molecule has 0 fully saturated rings. The zero-order chi connectivity index (χ0) is 27.1. The maximum Gasteiger partial charge on any atom is 0.121 e. The lowest BCUT2D eigenvalue weighted by Gasteiger charge is -2.09. The van der Waals surface area contributed by atoms with Crippen LogP contribution in [-0.2, 0) is 0 Å². The van der Waals surface area contributed by atoms with Gasteiger partial charge in [0.25, 0.3) is 0 Å². The van der Waals surface area contributed by atoms with Gasteiger partial charge in [-0.05, 0) is 61.4 Å². The zero-order valence-electron chi connectivity index (χ0n) is 23.8. The van der Waals surface area contributed by atoms with Gasteiger partial charge in [0.15, 0.2) is 0 Å². The van der Waals surface area contributed by atoms with Crippen molar-refractivity contribution in [3.8, 4) is 34.0 Å². The lowest BCUT2D eigenvalue weighted by Crippen LogP contribution is -1.98. The highest BCUT2D eigenvalue weighted by molar-refractivity contribution is 5.96. The summed E-state index contributed by atoms with van der Waals surface area (Å²) < 4.78 is 11.9. The number of imidazole rings is 1. The molecule has 0 saturated heterocycles. The predicted octanol–water partition coefficient (Wildman–Crippen LogP) is 9.17. The van der Waals surface area contributed by atoms with Crippen molar-refractivity contribution in [3.63, 3.8) is 0 Å². The van der Waals surface area contributed by atoms with E-state index in [1.54, 1.807) is 6.33 Å². The maximum absolute atomic E-state index is 5.95. The second-order valence-electron chi connectivity index (χ2n) is 10.3. The molecule has 0 amide bonds. The summed E-state index contributed by atoms with van der Waals surface area (Å²) in [5.74, 6) is 1.77. The molecule has 0 aliphatic rings. The zero-order valence-corrected chi connectivity index (χ0v) is 23.8. The molecule has 0 atom stereocenters. The molecule has 0 saturated carbocycles. The lowest BCUT2D eigenvalue weighted by molar-refractivity contribution is 0.304. The Kier molecular flexibility index (Phi) is 11.6. The van der Waals surface area contributed by atoms with E-state index in [1.165, 1.54) is 64.2 Å². The average molecular weight is 529 g/mol. The summed E-state index contributed by atoms with van der Waals surface area (Å²) >= 11 is 0. The summed E-state index contributed by atoms with van der Waals surface area (Å²) in [6, 6.07) is 16.2. The highest BCUT2D eigenvalue weighted by atomic mass is 16.5. The summed E-state index contributed by atoms with van der Waals surface area (Å²) in [5.41, 5.74) is 5.18. The number of rotatable bonds is 18. The Morgan fingerprint density at radius 1 is 0.564 bits per heavy atom. The van der Waals surface area contributed by atoms with Crippen molar-refractivity contribution in [2.45, 2.75) is 90.9 Å². The molecule has 208 valence electrons. The first-order valence-electron chi connectivity index (χ1n) is 15.0. The number of fused-ring (bicyclic) bond motifs is 1. The lowest BCUT2D eigenvalue weighted by atomic mass is 10.1. The Labute approximate surface area is 233 Å². The summed E-state index contributed by atoms with van der Waals surface area (Å²) in [6.07, 6.45) is 16.8. The summed E-state index contributed by atoms with van der Waals surface area (Å²) in [7, 11) is 0. The number of benzene rings is 2. The van der Waals surface area contributed by atoms with Crippen LogP contribution < -0.4 is 9.47 Å². The van der Waals surface area contributed by atoms with Crippen LogP contribution in [0.1, 0.15) is 90.9 Å². The van der Waals surface area contributed by atoms with E-state index >= 15 is 0 Å². The van der Waals surface area contributed by atoms with Crippen molar-refractivity contribution < 1.29 is 9.47 Å². The molecule has 4 rings (SSSR count). The quantitative estimate of drug-likeness (QED) is 0.130. The van der Waals surface area contributed by atoms with E-state index in [0.29, 0.717) is 0 Å². The number of unbranched alkanes of at least 4 members (excludes halogenated alkanes) is 10. The van der Waals surface area contributed by atoms with Crippen molar-refractivity contribution in [1.29, 1.82) is 0 Å². The van der Waals surface area contributed by atoms with Crippen LogP contribution in [0, 0.1) is 0 Å². The molecule has 0 unspecified atom stereocenters. The molecule has 39 heavy (non-hydrogen) atoms. The van der Waals surface area contributed by atoms with Gasteiger partial charge in [-0.25, -0.2) is 4.98 Å². The number of aromatic amines is 1. The van der Waals surface area contributed by atoms with Crippen LogP contribution in [-0.4, -0.2) is 33.4 Å². The van der Waals surface area contributed by atoms with Gasteiger partial charge in [0.1, 0.15) is 28.4 Å². The molecule has 0 aliphatic carbocycles. The fourth-order valence-electron chi connectivity index (χ4n) is 4.81. The van der Waals surface area contributed by atoms with E-state index in [9.17, 15) is 0 Å². The number of nitrogens with zero attached hydrogens (tertiary/aromatic N) is 3. The highest BCUT2D eigenvalue weighted by Crippen LogP contribution is 2.31. The van der Waals surface area contributed by atoms with Crippen LogP contribution in [0.3, 0.4) is 0 Å². The molecule has 6 nitrogen and oxygen atoms in total. The normalized spacial score (nSPS) is 11.2. The van der Waals surface area contributed by atoms with E-state index in [-0.39, 0.29) is 0 Å². The number of nitrogens with one attached hydrogen (secondary N) is 1. The third-order valence-corrected chi connectivity index (χ3v) is 7.14. The van der Waals surface area contributed by atoms with Crippen molar-refractivity contribution in [2.24, 2.45) is 0 Å². The number of hydrogen-bond acceptors (Lipinski definition) is 5. The first-order chi connectivity index (χ1) is 19.3. The maximum atomic E-state index is 5.95. The van der Waals surface area contributed by atoms with Crippen molar-refractivity contribution >= 4 is 11.0 Å². The highest BCUT2D eigenvalue weighted by Gasteiger charge is 2.15. The first-order valence-corrected chi connectivity index (χ1v) is 15.0. The number of H-pyrrole nitrogens is 1. The second-order valence-corrected chi connectivity index (χ2v) is 10.3. The molecular weight excluding hydrogens is 484 g/mol. The first kappa shape index (κ1) is 28.6. The minimum Gasteiger partial charge on any atom is -0.494 e. The van der Waals surface area contributed by atoms with E-state index in [0.717, 1.165) is 71.1 Å². The standard InChI is InChI=1S/C33H44N4O2/c1-3-5-7-9-11-13-23-38-28-19-15-26(16-20-28)30-32-33(35-25-34-32)31(37-36-30)27-17-21-29(22-18-27)39-24-14-12-10-8-6-4-2/h15-22,25H,3-14,23-24H2,1-2H3,(H,34,35). The molecule has 1 N–H and O–H groups in total. The van der Waals surface area contributed by atoms with E-state index in [2.05, 4.69) is 34.0 Å².